The molecule has 0 bridgehead atoms. The van der Waals surface area contributed by atoms with E-state index in [1.807, 2.05) is 4.68 Å². The Morgan fingerprint density at radius 2 is 2.12 bits per heavy atom. The van der Waals surface area contributed by atoms with Gasteiger partial charge in [0.15, 0.2) is 0 Å². The van der Waals surface area contributed by atoms with Crippen molar-refractivity contribution in [2.75, 3.05) is 13.1 Å². The second-order valence-corrected chi connectivity index (χ2v) is 4.83. The van der Waals surface area contributed by atoms with Crippen LogP contribution in [0.1, 0.15) is 38.6 Å². The molecular weight excluding hydrogens is 202 g/mol. The monoisotopic (exact) mass is 223 g/mol. The van der Waals surface area contributed by atoms with Gasteiger partial charge in [0.2, 0.25) is 0 Å². The van der Waals surface area contributed by atoms with Crippen LogP contribution >= 0.6 is 0 Å². The van der Waals surface area contributed by atoms with Crippen molar-refractivity contribution in [3.63, 3.8) is 0 Å². The Labute approximate surface area is 96.6 Å². The minimum absolute atomic E-state index is 0.379. The molecule has 2 heterocycles. The molecule has 0 unspecified atom stereocenters. The quantitative estimate of drug-likeness (QED) is 0.822. The van der Waals surface area contributed by atoms with Gasteiger partial charge in [-0.2, -0.15) is 5.10 Å². The topological polar surface area (TPSA) is 60.0 Å². The van der Waals surface area contributed by atoms with Crippen LogP contribution in [0.25, 0.3) is 0 Å². The molecule has 1 aliphatic rings. The Morgan fingerprint density at radius 1 is 1.44 bits per heavy atom. The smallest absolute Gasteiger partial charge is 0.141 e. The summed E-state index contributed by atoms with van der Waals surface area (Å²) in [5.41, 5.74) is 5.89. The zero-order valence-corrected chi connectivity index (χ0v) is 10.1. The summed E-state index contributed by atoms with van der Waals surface area (Å²) in [4.78, 5) is 6.74. The third-order valence-corrected chi connectivity index (χ3v) is 3.13. The average molecular weight is 223 g/mol. The molecule has 0 saturated carbocycles. The van der Waals surface area contributed by atoms with E-state index >= 15 is 0 Å². The maximum atomic E-state index is 5.89. The highest BCUT2D eigenvalue weighted by Gasteiger charge is 2.18. The molecule has 0 amide bonds. The SMILES string of the molecule is CC(C)n1ncnc1CN1CCC(N)CC1. The van der Waals surface area contributed by atoms with Gasteiger partial charge in [-0.3, -0.25) is 4.90 Å². The van der Waals surface area contributed by atoms with Gasteiger partial charge >= 0.3 is 0 Å². The number of rotatable bonds is 3. The van der Waals surface area contributed by atoms with Gasteiger partial charge in [0.05, 0.1) is 6.54 Å². The summed E-state index contributed by atoms with van der Waals surface area (Å²) in [7, 11) is 0. The third kappa shape index (κ3) is 2.59. The van der Waals surface area contributed by atoms with Crippen molar-refractivity contribution in [3.05, 3.63) is 12.2 Å². The molecule has 90 valence electrons. The Bertz CT molecular complexity index is 325. The second kappa shape index (κ2) is 4.93. The van der Waals surface area contributed by atoms with E-state index in [9.17, 15) is 0 Å². The van der Waals surface area contributed by atoms with Crippen LogP contribution < -0.4 is 5.73 Å². The largest absolute Gasteiger partial charge is 0.328 e. The standard InChI is InChI=1S/C11H21N5/c1-9(2)16-11(13-8-14-16)7-15-5-3-10(12)4-6-15/h8-10H,3-7,12H2,1-2H3. The number of piperidine rings is 1. The molecule has 0 aromatic carbocycles. The van der Waals surface area contributed by atoms with Crippen molar-refractivity contribution >= 4 is 0 Å². The van der Waals surface area contributed by atoms with Crippen molar-refractivity contribution in [2.24, 2.45) is 5.73 Å². The molecule has 1 aromatic heterocycles. The molecular formula is C11H21N5. The molecule has 2 rings (SSSR count). The first-order chi connectivity index (χ1) is 7.66. The number of likely N-dealkylation sites (tertiary alicyclic amines) is 1. The number of nitrogens with zero attached hydrogens (tertiary/aromatic N) is 4. The van der Waals surface area contributed by atoms with E-state index in [0.29, 0.717) is 12.1 Å². The van der Waals surface area contributed by atoms with Crippen LogP contribution in [0, 0.1) is 0 Å². The minimum atomic E-state index is 0.379. The van der Waals surface area contributed by atoms with Crippen molar-refractivity contribution in [3.8, 4) is 0 Å². The highest BCUT2D eigenvalue weighted by Crippen LogP contribution is 2.13. The van der Waals surface area contributed by atoms with Crippen LogP contribution in [0.5, 0.6) is 0 Å². The lowest BCUT2D eigenvalue weighted by Gasteiger charge is -2.29. The van der Waals surface area contributed by atoms with Gasteiger partial charge in [-0.15, -0.1) is 0 Å². The summed E-state index contributed by atoms with van der Waals surface area (Å²) in [6.07, 6.45) is 3.83. The fourth-order valence-corrected chi connectivity index (χ4v) is 2.13. The summed E-state index contributed by atoms with van der Waals surface area (Å²) in [6, 6.07) is 0.767. The summed E-state index contributed by atoms with van der Waals surface area (Å²) in [5, 5.41) is 4.25. The van der Waals surface area contributed by atoms with Gasteiger partial charge in [-0.25, -0.2) is 9.67 Å². The first-order valence-corrected chi connectivity index (χ1v) is 6.03. The lowest BCUT2D eigenvalue weighted by atomic mass is 10.1. The van der Waals surface area contributed by atoms with E-state index in [1.54, 1.807) is 6.33 Å². The first kappa shape index (κ1) is 11.5. The van der Waals surface area contributed by atoms with E-state index in [2.05, 4.69) is 28.8 Å². The summed E-state index contributed by atoms with van der Waals surface area (Å²) in [6.45, 7) is 7.30. The Kier molecular flexibility index (Phi) is 3.56. The molecule has 5 heteroatoms. The molecule has 0 aliphatic carbocycles. The molecule has 5 nitrogen and oxygen atoms in total. The second-order valence-electron chi connectivity index (χ2n) is 4.83. The summed E-state index contributed by atoms with van der Waals surface area (Å²) >= 11 is 0. The highest BCUT2D eigenvalue weighted by molar-refractivity contribution is 4.88. The zero-order chi connectivity index (χ0) is 11.5. The maximum Gasteiger partial charge on any atom is 0.141 e. The normalized spacial score (nSPS) is 19.5. The molecule has 0 atom stereocenters. The number of hydrogen-bond acceptors (Lipinski definition) is 4. The summed E-state index contributed by atoms with van der Waals surface area (Å²) < 4.78 is 1.99. The van der Waals surface area contributed by atoms with Gasteiger partial charge in [0.25, 0.3) is 0 Å². The van der Waals surface area contributed by atoms with Crippen LogP contribution in [0.3, 0.4) is 0 Å². The average Bonchev–Trinajstić information content (AvgIpc) is 2.69. The molecule has 1 aliphatic heterocycles. The van der Waals surface area contributed by atoms with Crippen molar-refractivity contribution in [1.82, 2.24) is 19.7 Å². The Hall–Kier alpha value is -0.940. The van der Waals surface area contributed by atoms with Crippen LogP contribution in [0.4, 0.5) is 0 Å². The number of aromatic nitrogens is 3. The highest BCUT2D eigenvalue weighted by atomic mass is 15.4. The molecule has 1 saturated heterocycles. The number of hydrogen-bond donors (Lipinski definition) is 1. The molecule has 1 fully saturated rings. The summed E-state index contributed by atoms with van der Waals surface area (Å²) in [5.74, 6) is 1.06. The predicted octanol–water partition coefficient (Wildman–Crippen LogP) is 0.782. The lowest BCUT2D eigenvalue weighted by molar-refractivity contribution is 0.197. The van der Waals surface area contributed by atoms with Gasteiger partial charge in [0, 0.05) is 25.2 Å². The Balaban J connectivity index is 1.96. The zero-order valence-electron chi connectivity index (χ0n) is 10.1. The molecule has 1 aromatic rings. The molecule has 0 spiro atoms. The molecule has 0 radical (unpaired) electrons. The first-order valence-electron chi connectivity index (χ1n) is 6.03. The van der Waals surface area contributed by atoms with E-state index in [-0.39, 0.29) is 0 Å². The van der Waals surface area contributed by atoms with E-state index in [1.165, 1.54) is 0 Å². The maximum absolute atomic E-state index is 5.89. The van der Waals surface area contributed by atoms with Crippen LogP contribution in [0.2, 0.25) is 0 Å². The van der Waals surface area contributed by atoms with Gasteiger partial charge in [-0.05, 0) is 26.7 Å². The van der Waals surface area contributed by atoms with Crippen LogP contribution in [-0.2, 0) is 6.54 Å². The molecule has 2 N–H and O–H groups in total. The Morgan fingerprint density at radius 3 is 2.75 bits per heavy atom. The molecule has 16 heavy (non-hydrogen) atoms. The predicted molar refractivity (Wildman–Crippen MR) is 62.9 cm³/mol. The van der Waals surface area contributed by atoms with E-state index in [0.717, 1.165) is 38.3 Å². The fourth-order valence-electron chi connectivity index (χ4n) is 2.13. The van der Waals surface area contributed by atoms with Crippen LogP contribution in [-0.4, -0.2) is 38.8 Å². The number of nitrogens with two attached hydrogens (primary N) is 1. The third-order valence-electron chi connectivity index (χ3n) is 3.13. The lowest BCUT2D eigenvalue weighted by Crippen LogP contribution is -2.39. The van der Waals surface area contributed by atoms with Gasteiger partial charge in [-0.1, -0.05) is 0 Å². The minimum Gasteiger partial charge on any atom is -0.328 e. The van der Waals surface area contributed by atoms with E-state index < -0.39 is 0 Å². The van der Waals surface area contributed by atoms with E-state index in [4.69, 9.17) is 5.73 Å². The van der Waals surface area contributed by atoms with Gasteiger partial charge < -0.3 is 5.73 Å². The van der Waals surface area contributed by atoms with Crippen molar-refractivity contribution < 1.29 is 0 Å². The van der Waals surface area contributed by atoms with Crippen molar-refractivity contribution in [1.29, 1.82) is 0 Å². The van der Waals surface area contributed by atoms with Crippen LogP contribution in [0.15, 0.2) is 6.33 Å². The fraction of sp³-hybridized carbons (Fsp3) is 0.818. The van der Waals surface area contributed by atoms with Gasteiger partial charge in [0.1, 0.15) is 12.2 Å². The van der Waals surface area contributed by atoms with Crippen molar-refractivity contribution in [2.45, 2.75) is 45.3 Å².